The quantitative estimate of drug-likeness (QED) is 0.0556. The van der Waals surface area contributed by atoms with Gasteiger partial charge >= 0.3 is 0 Å². The van der Waals surface area contributed by atoms with Crippen molar-refractivity contribution in [2.45, 2.75) is 138 Å². The maximum atomic E-state index is 6.69. The van der Waals surface area contributed by atoms with Gasteiger partial charge in [-0.3, -0.25) is 0 Å². The van der Waals surface area contributed by atoms with Crippen LogP contribution in [0.3, 0.4) is 0 Å². The number of fused-ring (bicyclic) bond motifs is 2. The van der Waals surface area contributed by atoms with Crippen LogP contribution < -0.4 is 0 Å². The first-order valence-corrected chi connectivity index (χ1v) is 20.1. The van der Waals surface area contributed by atoms with E-state index in [1.165, 1.54) is 42.4 Å². The highest BCUT2D eigenvalue weighted by Crippen LogP contribution is 2.71. The van der Waals surface area contributed by atoms with Crippen LogP contribution in [0.1, 0.15) is 131 Å². The highest BCUT2D eigenvalue weighted by Gasteiger charge is 2.66. The molecule has 0 N–H and O–H groups in total. The van der Waals surface area contributed by atoms with Gasteiger partial charge in [-0.1, -0.05) is 102 Å². The van der Waals surface area contributed by atoms with Gasteiger partial charge in [0.1, 0.15) is 5.60 Å². The van der Waals surface area contributed by atoms with E-state index in [0.29, 0.717) is 40.4 Å². The molecule has 2 nitrogen and oxygen atoms in total. The normalized spacial score (nSPS) is 23.8. The summed E-state index contributed by atoms with van der Waals surface area (Å²) in [7, 11) is 0. The molecule has 1 aromatic carbocycles. The lowest BCUT2D eigenvalue weighted by atomic mass is 9.74. The first-order chi connectivity index (χ1) is 23.4. The molecular weight excluding hydrogens is 609 g/mol. The summed E-state index contributed by atoms with van der Waals surface area (Å²) in [5, 5.41) is 0. The minimum absolute atomic E-state index is 0.210. The summed E-state index contributed by atoms with van der Waals surface area (Å²) in [5.74, 6) is 5.52. The number of hydrogen-bond acceptors (Lipinski definition) is 2. The number of ether oxygens (including phenoxy) is 2. The van der Waals surface area contributed by atoms with Crippen LogP contribution >= 0.6 is 0 Å². The third-order valence-electron chi connectivity index (χ3n) is 12.4. The fourth-order valence-electron chi connectivity index (χ4n) is 10.0. The zero-order chi connectivity index (χ0) is 36.9. The molecule has 0 saturated heterocycles. The van der Waals surface area contributed by atoms with Gasteiger partial charge in [-0.2, -0.15) is 0 Å². The maximum Gasteiger partial charge on any atom is 0.100 e. The topological polar surface area (TPSA) is 18.5 Å². The van der Waals surface area contributed by atoms with Gasteiger partial charge in [0.25, 0.3) is 0 Å². The third-order valence-corrected chi connectivity index (χ3v) is 12.4. The molecule has 4 rings (SSSR count). The van der Waals surface area contributed by atoms with Crippen LogP contribution in [0.2, 0.25) is 0 Å². The predicted octanol–water partition coefficient (Wildman–Crippen LogP) is 13.3. The van der Waals surface area contributed by atoms with Crippen molar-refractivity contribution in [2.24, 2.45) is 52.3 Å². The Bertz CT molecular complexity index is 1320. The zero-order valence-corrected chi connectivity index (χ0v) is 33.7. The van der Waals surface area contributed by atoms with E-state index in [1.807, 2.05) is 6.08 Å². The van der Waals surface area contributed by atoms with Gasteiger partial charge in [0.2, 0.25) is 0 Å². The average Bonchev–Trinajstić information content (AvgIpc) is 3.33. The van der Waals surface area contributed by atoms with Gasteiger partial charge in [0.05, 0.1) is 5.76 Å². The van der Waals surface area contributed by atoms with Crippen LogP contribution in [0.4, 0.5) is 0 Å². The zero-order valence-electron chi connectivity index (χ0n) is 33.7. The minimum Gasteiger partial charge on any atom is -0.493 e. The lowest BCUT2D eigenvalue weighted by Crippen LogP contribution is -2.28. The second kappa shape index (κ2) is 17.0. The molecule has 3 aliphatic rings. The van der Waals surface area contributed by atoms with E-state index in [-0.39, 0.29) is 5.60 Å². The van der Waals surface area contributed by atoms with Crippen molar-refractivity contribution in [3.05, 3.63) is 96.8 Å². The van der Waals surface area contributed by atoms with Crippen molar-refractivity contribution in [2.75, 3.05) is 13.2 Å². The Morgan fingerprint density at radius 2 is 1.62 bits per heavy atom. The molecule has 278 valence electrons. The van der Waals surface area contributed by atoms with Crippen molar-refractivity contribution >= 4 is 0 Å². The van der Waals surface area contributed by atoms with Gasteiger partial charge in [-0.05, 0) is 160 Å². The lowest BCUT2D eigenvalue weighted by molar-refractivity contribution is 0.0330. The molecule has 3 aliphatic carbocycles. The minimum atomic E-state index is -0.210. The van der Waals surface area contributed by atoms with E-state index in [0.717, 1.165) is 82.2 Å². The summed E-state index contributed by atoms with van der Waals surface area (Å²) in [6.07, 6.45) is 15.3. The first-order valence-electron chi connectivity index (χ1n) is 20.1. The summed E-state index contributed by atoms with van der Waals surface area (Å²) in [5.41, 5.74) is 7.39. The molecule has 0 aromatic heterocycles. The molecule has 0 heterocycles. The summed E-state index contributed by atoms with van der Waals surface area (Å²) in [6, 6.07) is 9.09. The monoisotopic (exact) mass is 683 g/mol. The fourth-order valence-corrected chi connectivity index (χ4v) is 10.0. The molecule has 0 aliphatic heterocycles. The van der Waals surface area contributed by atoms with Gasteiger partial charge in [0, 0.05) is 19.6 Å². The first kappa shape index (κ1) is 40.5. The van der Waals surface area contributed by atoms with E-state index in [9.17, 15) is 0 Å². The Morgan fingerprint density at radius 1 is 0.960 bits per heavy atom. The van der Waals surface area contributed by atoms with Crippen LogP contribution in [-0.2, 0) is 22.3 Å². The molecule has 0 spiro atoms. The van der Waals surface area contributed by atoms with E-state index >= 15 is 0 Å². The molecule has 50 heavy (non-hydrogen) atoms. The SMILES string of the molecule is C=CCCC(CCOCC1C(C[C@@H](CC(=C)OC(C)(C)C)C2Cc3ccccc3C2)CC2C1C2(C)C)C(=C)C(=C)CCCC(=C)CC(C)(C)C. The predicted molar refractivity (Wildman–Crippen MR) is 216 cm³/mol. The fraction of sp³-hybridized carbons (Fsp3) is 0.667. The second-order valence-corrected chi connectivity index (χ2v) is 19.4. The van der Waals surface area contributed by atoms with Gasteiger partial charge in [0.15, 0.2) is 0 Å². The number of benzene rings is 1. The molecule has 5 unspecified atom stereocenters. The number of allylic oxidation sites excluding steroid dienone is 5. The van der Waals surface area contributed by atoms with Crippen LogP contribution in [0, 0.1) is 52.3 Å². The Labute approximate surface area is 309 Å². The highest BCUT2D eigenvalue weighted by molar-refractivity contribution is 5.32. The summed E-state index contributed by atoms with van der Waals surface area (Å²) in [6.45, 7) is 41.8. The van der Waals surface area contributed by atoms with E-state index < -0.39 is 0 Å². The van der Waals surface area contributed by atoms with Gasteiger partial charge < -0.3 is 9.47 Å². The standard InChI is InChI=1S/C48H74O2/c1-14-15-21-37(36(5)34(3)20-18-19-33(2)31-46(6,7)8)24-25-49-32-43-42(30-44-45(43)48(44,12)13)29-40(26-35(4)50-47(9,10)11)41-27-38-22-16-17-23-39(38)28-41/h14,16-17,22-23,37,40-45H,1-5,15,18-21,24-32H2,6-13H3/t37?,40-,42?,43?,44?,45?/m1/s1. The average molecular weight is 683 g/mol. The van der Waals surface area contributed by atoms with E-state index in [4.69, 9.17) is 9.47 Å². The molecule has 0 radical (unpaired) electrons. The highest BCUT2D eigenvalue weighted by atomic mass is 16.5. The Balaban J connectivity index is 1.35. The van der Waals surface area contributed by atoms with E-state index in [2.05, 4.69) is 113 Å². The van der Waals surface area contributed by atoms with Crippen LogP contribution in [0.25, 0.3) is 0 Å². The third kappa shape index (κ3) is 11.3. The summed E-state index contributed by atoms with van der Waals surface area (Å²) >= 11 is 0. The van der Waals surface area contributed by atoms with Crippen LogP contribution in [0.15, 0.2) is 85.7 Å². The lowest BCUT2D eigenvalue weighted by Gasteiger charge is -2.34. The molecule has 0 bridgehead atoms. The second-order valence-electron chi connectivity index (χ2n) is 19.4. The Morgan fingerprint density at radius 3 is 2.22 bits per heavy atom. The van der Waals surface area contributed by atoms with Crippen LogP contribution in [0.5, 0.6) is 0 Å². The molecule has 6 atom stereocenters. The van der Waals surface area contributed by atoms with E-state index in [1.54, 1.807) is 11.1 Å². The Hall–Kier alpha value is -2.32. The van der Waals surface area contributed by atoms with Crippen molar-refractivity contribution in [3.63, 3.8) is 0 Å². The molecule has 2 heteroatoms. The van der Waals surface area contributed by atoms with Crippen molar-refractivity contribution < 1.29 is 9.47 Å². The molecule has 2 fully saturated rings. The summed E-state index contributed by atoms with van der Waals surface area (Å²) in [4.78, 5) is 0. The molecule has 1 aromatic rings. The number of rotatable bonds is 21. The largest absolute Gasteiger partial charge is 0.493 e. The van der Waals surface area contributed by atoms with Crippen molar-refractivity contribution in [1.29, 1.82) is 0 Å². The number of hydrogen-bond donors (Lipinski definition) is 0. The van der Waals surface area contributed by atoms with Gasteiger partial charge in [-0.15, -0.1) is 6.58 Å². The van der Waals surface area contributed by atoms with Crippen LogP contribution in [-0.4, -0.2) is 18.8 Å². The van der Waals surface area contributed by atoms with Gasteiger partial charge in [-0.25, -0.2) is 0 Å². The smallest absolute Gasteiger partial charge is 0.100 e. The molecule has 0 amide bonds. The van der Waals surface area contributed by atoms with Crippen molar-refractivity contribution in [3.8, 4) is 0 Å². The van der Waals surface area contributed by atoms with Crippen molar-refractivity contribution in [1.82, 2.24) is 0 Å². The molecule has 2 saturated carbocycles. The summed E-state index contributed by atoms with van der Waals surface area (Å²) < 4.78 is 13.0. The maximum absolute atomic E-state index is 6.69. The Kier molecular flexibility index (Phi) is 13.8. The molecular formula is C48H74O2.